The number of non-ortho nitro benzene ring substituents is 1. The van der Waals surface area contributed by atoms with Crippen molar-refractivity contribution in [3.05, 3.63) is 55.8 Å². The number of nitrogens with one attached hydrogen (secondary N) is 1. The molecule has 0 spiro atoms. The van der Waals surface area contributed by atoms with Crippen LogP contribution < -0.4 is 5.32 Å². The molecule has 8 heteroatoms. The first kappa shape index (κ1) is 18.1. The molecule has 0 bridgehead atoms. The SMILES string of the molecule is CC1CCc2sc(C(=O)OCC(=O)Nc3ccc([N+](=O)[O-])cc3)cc2C1. The number of hydrogen-bond donors (Lipinski definition) is 1. The summed E-state index contributed by atoms with van der Waals surface area (Å²) in [6, 6.07) is 7.29. The molecule has 0 saturated carbocycles. The van der Waals surface area contributed by atoms with Crippen LogP contribution in [0.4, 0.5) is 11.4 Å². The summed E-state index contributed by atoms with van der Waals surface area (Å²) in [4.78, 5) is 35.9. The molecule has 1 atom stereocenters. The number of thiophene rings is 1. The van der Waals surface area contributed by atoms with Crippen LogP contribution in [-0.2, 0) is 22.4 Å². The van der Waals surface area contributed by atoms with E-state index in [1.807, 2.05) is 6.07 Å². The van der Waals surface area contributed by atoms with E-state index in [1.165, 1.54) is 46.0 Å². The third-order valence-corrected chi connectivity index (χ3v) is 5.44. The average molecular weight is 374 g/mol. The molecule has 0 aliphatic heterocycles. The monoisotopic (exact) mass is 374 g/mol. The Morgan fingerprint density at radius 2 is 2.08 bits per heavy atom. The van der Waals surface area contributed by atoms with E-state index in [4.69, 9.17) is 4.74 Å². The number of aryl methyl sites for hydroxylation is 1. The zero-order valence-corrected chi connectivity index (χ0v) is 15.0. The molecule has 1 aliphatic carbocycles. The van der Waals surface area contributed by atoms with E-state index in [1.54, 1.807) is 0 Å². The molecular formula is C18H18N2O5S. The van der Waals surface area contributed by atoms with Gasteiger partial charge in [0.2, 0.25) is 0 Å². The van der Waals surface area contributed by atoms with E-state index >= 15 is 0 Å². The zero-order chi connectivity index (χ0) is 18.7. The Kier molecular flexibility index (Phi) is 5.32. The molecule has 0 fully saturated rings. The second-order valence-electron chi connectivity index (χ2n) is 6.34. The summed E-state index contributed by atoms with van der Waals surface area (Å²) in [5.74, 6) is -0.383. The maximum atomic E-state index is 12.2. The van der Waals surface area contributed by atoms with Gasteiger partial charge in [0.05, 0.1) is 4.92 Å². The number of carbonyl (C=O) groups is 2. The molecule has 136 valence electrons. The Hall–Kier alpha value is -2.74. The number of carbonyl (C=O) groups excluding carboxylic acids is 2. The Bertz CT molecular complexity index is 844. The van der Waals surface area contributed by atoms with E-state index in [0.29, 0.717) is 16.5 Å². The summed E-state index contributed by atoms with van der Waals surface area (Å²) in [5.41, 5.74) is 1.54. The van der Waals surface area contributed by atoms with Gasteiger partial charge < -0.3 is 10.1 Å². The van der Waals surface area contributed by atoms with Gasteiger partial charge >= 0.3 is 5.97 Å². The minimum absolute atomic E-state index is 0.0644. The molecule has 3 rings (SSSR count). The number of anilines is 1. The first-order valence-electron chi connectivity index (χ1n) is 8.25. The van der Waals surface area contributed by atoms with Gasteiger partial charge in [-0.2, -0.15) is 0 Å². The molecule has 1 aliphatic rings. The fourth-order valence-electron chi connectivity index (χ4n) is 2.87. The number of ether oxygens (including phenoxy) is 1. The number of rotatable bonds is 5. The van der Waals surface area contributed by atoms with E-state index in [2.05, 4.69) is 12.2 Å². The van der Waals surface area contributed by atoms with Gasteiger partial charge in [-0.05, 0) is 48.9 Å². The summed E-state index contributed by atoms with van der Waals surface area (Å²) < 4.78 is 5.08. The highest BCUT2D eigenvalue weighted by Gasteiger charge is 2.21. The van der Waals surface area contributed by atoms with Crippen molar-refractivity contribution >= 4 is 34.6 Å². The third kappa shape index (κ3) is 4.26. The predicted octanol–water partition coefficient (Wildman–Crippen LogP) is 3.58. The quantitative estimate of drug-likeness (QED) is 0.490. The maximum Gasteiger partial charge on any atom is 0.348 e. The van der Waals surface area contributed by atoms with Crippen LogP contribution in [0, 0.1) is 16.0 Å². The molecule has 2 aromatic rings. The standard InChI is InChI=1S/C18H18N2O5S/c1-11-2-7-15-12(8-11)9-16(26-15)18(22)25-10-17(21)19-13-3-5-14(6-4-13)20(23)24/h3-6,9,11H,2,7-8,10H2,1H3,(H,19,21). The Morgan fingerprint density at radius 3 is 2.77 bits per heavy atom. The number of esters is 1. The van der Waals surface area contributed by atoms with Crippen molar-refractivity contribution in [2.45, 2.75) is 26.2 Å². The number of amides is 1. The molecule has 7 nitrogen and oxygen atoms in total. The van der Waals surface area contributed by atoms with Crippen LogP contribution >= 0.6 is 11.3 Å². The summed E-state index contributed by atoms with van der Waals surface area (Å²) in [6.45, 7) is 1.79. The lowest BCUT2D eigenvalue weighted by Gasteiger charge is -2.16. The van der Waals surface area contributed by atoms with Gasteiger partial charge in [-0.25, -0.2) is 4.79 Å². The Morgan fingerprint density at radius 1 is 1.35 bits per heavy atom. The van der Waals surface area contributed by atoms with E-state index in [0.717, 1.165) is 19.3 Å². The highest BCUT2D eigenvalue weighted by atomic mass is 32.1. The minimum atomic E-state index is -0.519. The lowest BCUT2D eigenvalue weighted by molar-refractivity contribution is -0.384. The van der Waals surface area contributed by atoms with Crippen molar-refractivity contribution in [3.63, 3.8) is 0 Å². The van der Waals surface area contributed by atoms with Gasteiger partial charge in [-0.3, -0.25) is 14.9 Å². The molecule has 1 unspecified atom stereocenters. The zero-order valence-electron chi connectivity index (χ0n) is 14.2. The van der Waals surface area contributed by atoms with Crippen molar-refractivity contribution in [3.8, 4) is 0 Å². The number of fused-ring (bicyclic) bond motifs is 1. The highest BCUT2D eigenvalue weighted by Crippen LogP contribution is 2.32. The van der Waals surface area contributed by atoms with E-state index in [-0.39, 0.29) is 5.69 Å². The van der Waals surface area contributed by atoms with E-state index < -0.39 is 23.4 Å². The predicted molar refractivity (Wildman–Crippen MR) is 97.5 cm³/mol. The lowest BCUT2D eigenvalue weighted by Crippen LogP contribution is -2.20. The first-order valence-corrected chi connectivity index (χ1v) is 9.07. The molecule has 1 heterocycles. The second kappa shape index (κ2) is 7.65. The molecule has 1 aromatic carbocycles. The van der Waals surface area contributed by atoms with Crippen LogP contribution in [0.2, 0.25) is 0 Å². The van der Waals surface area contributed by atoms with Crippen molar-refractivity contribution in [2.75, 3.05) is 11.9 Å². The highest BCUT2D eigenvalue weighted by molar-refractivity contribution is 7.14. The van der Waals surface area contributed by atoms with Gasteiger partial charge in [0.1, 0.15) is 4.88 Å². The topological polar surface area (TPSA) is 98.5 Å². The number of nitro groups is 1. The lowest BCUT2D eigenvalue weighted by atomic mass is 9.90. The molecule has 0 radical (unpaired) electrons. The largest absolute Gasteiger partial charge is 0.451 e. The average Bonchev–Trinajstić information content (AvgIpc) is 3.03. The second-order valence-corrected chi connectivity index (χ2v) is 7.47. The van der Waals surface area contributed by atoms with Crippen molar-refractivity contribution < 1.29 is 19.2 Å². The van der Waals surface area contributed by atoms with Crippen LogP contribution in [0.5, 0.6) is 0 Å². The number of nitrogens with zero attached hydrogens (tertiary/aromatic N) is 1. The van der Waals surface area contributed by atoms with Gasteiger partial charge in [0, 0.05) is 22.7 Å². The van der Waals surface area contributed by atoms with Crippen LogP contribution in [0.15, 0.2) is 30.3 Å². The molecule has 0 saturated heterocycles. The van der Waals surface area contributed by atoms with Crippen molar-refractivity contribution in [1.82, 2.24) is 0 Å². The molecule has 1 N–H and O–H groups in total. The summed E-state index contributed by atoms with van der Waals surface area (Å²) in [6.07, 6.45) is 3.08. The number of nitro benzene ring substituents is 1. The van der Waals surface area contributed by atoms with Gasteiger partial charge in [0.25, 0.3) is 11.6 Å². The third-order valence-electron chi connectivity index (χ3n) is 4.23. The molecular weight excluding hydrogens is 356 g/mol. The smallest absolute Gasteiger partial charge is 0.348 e. The van der Waals surface area contributed by atoms with Gasteiger partial charge in [-0.1, -0.05) is 6.92 Å². The summed E-state index contributed by atoms with van der Waals surface area (Å²) in [7, 11) is 0. The Balaban J connectivity index is 1.52. The minimum Gasteiger partial charge on any atom is -0.451 e. The summed E-state index contributed by atoms with van der Waals surface area (Å²) >= 11 is 1.44. The fraction of sp³-hybridized carbons (Fsp3) is 0.333. The van der Waals surface area contributed by atoms with Gasteiger partial charge in [-0.15, -0.1) is 11.3 Å². The van der Waals surface area contributed by atoms with Crippen LogP contribution in [0.3, 0.4) is 0 Å². The number of hydrogen-bond acceptors (Lipinski definition) is 6. The van der Waals surface area contributed by atoms with E-state index in [9.17, 15) is 19.7 Å². The Labute approximate surface area is 154 Å². The van der Waals surface area contributed by atoms with Crippen molar-refractivity contribution in [2.24, 2.45) is 5.92 Å². The number of benzene rings is 1. The van der Waals surface area contributed by atoms with Gasteiger partial charge in [0.15, 0.2) is 6.61 Å². The van der Waals surface area contributed by atoms with Crippen LogP contribution in [0.1, 0.15) is 33.5 Å². The molecule has 1 aromatic heterocycles. The molecule has 26 heavy (non-hydrogen) atoms. The summed E-state index contributed by atoms with van der Waals surface area (Å²) in [5, 5.41) is 13.1. The van der Waals surface area contributed by atoms with Crippen LogP contribution in [0.25, 0.3) is 0 Å². The maximum absolute atomic E-state index is 12.2. The normalized spacial score (nSPS) is 15.8. The van der Waals surface area contributed by atoms with Crippen LogP contribution in [-0.4, -0.2) is 23.4 Å². The molecule has 1 amide bonds. The first-order chi connectivity index (χ1) is 12.4. The van der Waals surface area contributed by atoms with Crippen molar-refractivity contribution in [1.29, 1.82) is 0 Å². The fourth-order valence-corrected chi connectivity index (χ4v) is 3.97.